The smallest absolute Gasteiger partial charge is 0.268 e. The van der Waals surface area contributed by atoms with Gasteiger partial charge in [-0.15, -0.1) is 11.3 Å². The Kier molecular flexibility index (Phi) is 3.90. The number of carbonyl (C=O) groups is 2. The quantitative estimate of drug-likeness (QED) is 0.748. The number of carbonyl (C=O) groups excluding carboxylic acids is 2. The highest BCUT2D eigenvalue weighted by Crippen LogP contribution is 2.37. The number of hydrogen-bond acceptors (Lipinski definition) is 3. The standard InChI is InChI=1S/C18H16ClNO2S/c1-18(2,3)11-6-8-12(9-7-11)20-16(21)14(15(19)17(20)22)13-5-4-10-23-13/h4-10H,1-3H3. The van der Waals surface area contributed by atoms with Gasteiger partial charge in [0.05, 0.1) is 11.3 Å². The summed E-state index contributed by atoms with van der Waals surface area (Å²) in [7, 11) is 0. The van der Waals surface area contributed by atoms with Crippen molar-refractivity contribution >= 4 is 46.0 Å². The number of amides is 2. The summed E-state index contributed by atoms with van der Waals surface area (Å²) in [6.45, 7) is 6.34. The first-order chi connectivity index (χ1) is 10.8. The lowest BCUT2D eigenvalue weighted by molar-refractivity contribution is -0.119. The predicted molar refractivity (Wildman–Crippen MR) is 94.7 cm³/mol. The molecule has 5 heteroatoms. The zero-order valence-corrected chi connectivity index (χ0v) is 14.7. The molecule has 0 aliphatic carbocycles. The highest BCUT2D eigenvalue weighted by Gasteiger charge is 2.39. The number of benzene rings is 1. The van der Waals surface area contributed by atoms with E-state index in [1.807, 2.05) is 23.6 Å². The molecule has 0 unspecified atom stereocenters. The van der Waals surface area contributed by atoms with Gasteiger partial charge < -0.3 is 0 Å². The van der Waals surface area contributed by atoms with Crippen molar-refractivity contribution in [3.63, 3.8) is 0 Å². The Bertz CT molecular complexity index is 799. The number of rotatable bonds is 2. The van der Waals surface area contributed by atoms with Crippen LogP contribution in [0.25, 0.3) is 5.57 Å². The summed E-state index contributed by atoms with van der Waals surface area (Å²) in [5.41, 5.74) is 1.97. The van der Waals surface area contributed by atoms with E-state index in [0.29, 0.717) is 10.6 Å². The molecule has 3 rings (SSSR count). The fraction of sp³-hybridized carbons (Fsp3) is 0.222. The molecule has 0 atom stereocenters. The van der Waals surface area contributed by atoms with Gasteiger partial charge in [0.15, 0.2) is 0 Å². The topological polar surface area (TPSA) is 37.4 Å². The van der Waals surface area contributed by atoms with E-state index in [0.717, 1.165) is 10.5 Å². The van der Waals surface area contributed by atoms with E-state index in [1.54, 1.807) is 18.2 Å². The predicted octanol–water partition coefficient (Wildman–Crippen LogP) is 4.57. The van der Waals surface area contributed by atoms with Crippen LogP contribution in [0.1, 0.15) is 31.2 Å². The van der Waals surface area contributed by atoms with Crippen molar-refractivity contribution in [2.75, 3.05) is 4.90 Å². The van der Waals surface area contributed by atoms with Crippen molar-refractivity contribution < 1.29 is 9.59 Å². The van der Waals surface area contributed by atoms with Crippen LogP contribution < -0.4 is 4.90 Å². The van der Waals surface area contributed by atoms with Gasteiger partial charge >= 0.3 is 0 Å². The van der Waals surface area contributed by atoms with Crippen LogP contribution in [-0.4, -0.2) is 11.8 Å². The van der Waals surface area contributed by atoms with Crippen molar-refractivity contribution in [3.05, 3.63) is 57.3 Å². The van der Waals surface area contributed by atoms with E-state index in [4.69, 9.17) is 11.6 Å². The van der Waals surface area contributed by atoms with Gasteiger partial charge in [0.2, 0.25) is 0 Å². The maximum absolute atomic E-state index is 12.7. The lowest BCUT2D eigenvalue weighted by Gasteiger charge is -2.21. The average Bonchev–Trinajstić information content (AvgIpc) is 3.07. The fourth-order valence-corrected chi connectivity index (χ4v) is 3.57. The Balaban J connectivity index is 1.97. The number of nitrogens with zero attached hydrogens (tertiary/aromatic N) is 1. The molecule has 3 nitrogen and oxygen atoms in total. The third kappa shape index (κ3) is 2.73. The number of hydrogen-bond donors (Lipinski definition) is 0. The largest absolute Gasteiger partial charge is 0.277 e. The maximum atomic E-state index is 12.7. The van der Waals surface area contributed by atoms with Crippen LogP contribution >= 0.6 is 22.9 Å². The fourth-order valence-electron chi connectivity index (χ4n) is 2.48. The van der Waals surface area contributed by atoms with Crippen LogP contribution in [0.4, 0.5) is 5.69 Å². The van der Waals surface area contributed by atoms with Gasteiger partial charge in [-0.2, -0.15) is 0 Å². The van der Waals surface area contributed by atoms with E-state index < -0.39 is 5.91 Å². The van der Waals surface area contributed by atoms with E-state index in [1.165, 1.54) is 11.3 Å². The molecule has 0 bridgehead atoms. The van der Waals surface area contributed by atoms with Gasteiger partial charge in [-0.3, -0.25) is 9.59 Å². The third-order valence-electron chi connectivity index (χ3n) is 3.79. The second-order valence-corrected chi connectivity index (χ2v) is 7.73. The molecule has 1 aromatic heterocycles. The van der Waals surface area contributed by atoms with E-state index >= 15 is 0 Å². The third-order valence-corrected chi connectivity index (χ3v) is 5.02. The van der Waals surface area contributed by atoms with Crippen LogP contribution in [0.3, 0.4) is 0 Å². The molecule has 23 heavy (non-hydrogen) atoms. The van der Waals surface area contributed by atoms with Gasteiger partial charge in [-0.1, -0.05) is 50.6 Å². The molecule has 118 valence electrons. The summed E-state index contributed by atoms with van der Waals surface area (Å²) in [5.74, 6) is -0.838. The Morgan fingerprint density at radius 2 is 1.65 bits per heavy atom. The summed E-state index contributed by atoms with van der Waals surface area (Å²) < 4.78 is 0. The molecular formula is C18H16ClNO2S. The van der Waals surface area contributed by atoms with Crippen molar-refractivity contribution in [2.45, 2.75) is 26.2 Å². The van der Waals surface area contributed by atoms with Crippen LogP contribution in [0.2, 0.25) is 0 Å². The lowest BCUT2D eigenvalue weighted by atomic mass is 9.87. The number of halogens is 1. The Hall–Kier alpha value is -1.91. The molecule has 1 aliphatic heterocycles. The summed E-state index contributed by atoms with van der Waals surface area (Å²) in [6, 6.07) is 11.1. The summed E-state index contributed by atoms with van der Waals surface area (Å²) in [5, 5.41) is 1.84. The molecule has 0 saturated heterocycles. The minimum absolute atomic E-state index is 0.00951. The molecule has 0 radical (unpaired) electrons. The molecule has 0 spiro atoms. The SMILES string of the molecule is CC(C)(C)c1ccc(N2C(=O)C(Cl)=C(c3cccs3)C2=O)cc1. The Morgan fingerprint density at radius 1 is 1.00 bits per heavy atom. The molecule has 0 N–H and O–H groups in total. The molecule has 2 heterocycles. The summed E-state index contributed by atoms with van der Waals surface area (Å²) >= 11 is 7.53. The second-order valence-electron chi connectivity index (χ2n) is 6.41. The van der Waals surface area contributed by atoms with Gasteiger partial charge in [0, 0.05) is 4.88 Å². The van der Waals surface area contributed by atoms with Gasteiger partial charge in [-0.25, -0.2) is 4.90 Å². The number of thiophene rings is 1. The normalized spacial score (nSPS) is 15.7. The average molecular weight is 346 g/mol. The van der Waals surface area contributed by atoms with E-state index in [2.05, 4.69) is 20.8 Å². The molecular weight excluding hydrogens is 330 g/mol. The van der Waals surface area contributed by atoms with Gasteiger partial charge in [-0.05, 0) is 34.6 Å². The first-order valence-electron chi connectivity index (χ1n) is 7.23. The molecule has 0 saturated carbocycles. The van der Waals surface area contributed by atoms with Crippen molar-refractivity contribution in [1.82, 2.24) is 0 Å². The second kappa shape index (κ2) is 5.62. The van der Waals surface area contributed by atoms with Crippen molar-refractivity contribution in [2.24, 2.45) is 0 Å². The molecule has 2 aromatic rings. The molecule has 0 fully saturated rings. The maximum Gasteiger partial charge on any atom is 0.277 e. The van der Waals surface area contributed by atoms with Gasteiger partial charge in [0.1, 0.15) is 5.03 Å². The molecule has 1 aromatic carbocycles. The molecule has 1 aliphatic rings. The Labute approximate surface area is 144 Å². The summed E-state index contributed by atoms with van der Waals surface area (Å²) in [4.78, 5) is 27.0. The number of anilines is 1. The van der Waals surface area contributed by atoms with E-state index in [9.17, 15) is 9.59 Å². The van der Waals surface area contributed by atoms with Crippen LogP contribution in [0, 0.1) is 0 Å². The van der Waals surface area contributed by atoms with Crippen LogP contribution in [-0.2, 0) is 15.0 Å². The van der Waals surface area contributed by atoms with Gasteiger partial charge in [0.25, 0.3) is 11.8 Å². The minimum Gasteiger partial charge on any atom is -0.268 e. The first-order valence-corrected chi connectivity index (χ1v) is 8.49. The Morgan fingerprint density at radius 3 is 2.17 bits per heavy atom. The van der Waals surface area contributed by atoms with Crippen LogP contribution in [0.5, 0.6) is 0 Å². The zero-order valence-electron chi connectivity index (χ0n) is 13.1. The number of imide groups is 1. The lowest BCUT2D eigenvalue weighted by Crippen LogP contribution is -2.31. The monoisotopic (exact) mass is 345 g/mol. The highest BCUT2D eigenvalue weighted by atomic mass is 35.5. The van der Waals surface area contributed by atoms with Crippen molar-refractivity contribution in [3.8, 4) is 0 Å². The minimum atomic E-state index is -0.469. The van der Waals surface area contributed by atoms with Crippen LogP contribution in [0.15, 0.2) is 46.8 Å². The highest BCUT2D eigenvalue weighted by molar-refractivity contribution is 7.11. The summed E-state index contributed by atoms with van der Waals surface area (Å²) in [6.07, 6.45) is 0. The van der Waals surface area contributed by atoms with E-state index in [-0.39, 0.29) is 21.9 Å². The first kappa shape index (κ1) is 16.0. The van der Waals surface area contributed by atoms with Crippen molar-refractivity contribution in [1.29, 1.82) is 0 Å². The molecule has 2 amide bonds. The zero-order chi connectivity index (χ0) is 16.8.